The van der Waals surface area contributed by atoms with Crippen LogP contribution in [0.25, 0.3) is 0 Å². The predicted octanol–water partition coefficient (Wildman–Crippen LogP) is 4.57. The van der Waals surface area contributed by atoms with Crippen LogP contribution in [0.15, 0.2) is 36.4 Å². The first-order chi connectivity index (χ1) is 9.51. The molecule has 0 unspecified atom stereocenters. The first kappa shape index (κ1) is 14.3. The van der Waals surface area contributed by atoms with Crippen LogP contribution in [0.5, 0.6) is 11.5 Å². The Kier molecular flexibility index (Phi) is 4.20. The van der Waals surface area contributed by atoms with Gasteiger partial charge in [-0.2, -0.15) is 0 Å². The number of benzene rings is 2. The van der Waals surface area contributed by atoms with Crippen LogP contribution in [-0.2, 0) is 5.88 Å². The number of rotatable bonds is 4. The van der Waals surface area contributed by atoms with Crippen LogP contribution in [0.2, 0.25) is 0 Å². The van der Waals surface area contributed by atoms with Gasteiger partial charge in [-0.25, -0.2) is 4.39 Å². The van der Waals surface area contributed by atoms with Crippen molar-refractivity contribution in [1.82, 2.24) is 0 Å². The molecule has 4 nitrogen and oxygen atoms in total. The van der Waals surface area contributed by atoms with E-state index in [9.17, 15) is 14.5 Å². The topological polar surface area (TPSA) is 52.4 Å². The molecule has 6 heteroatoms. The summed E-state index contributed by atoms with van der Waals surface area (Å²) in [5, 5.41) is 11.0. The zero-order valence-corrected chi connectivity index (χ0v) is 11.4. The largest absolute Gasteiger partial charge is 0.450 e. The highest BCUT2D eigenvalue weighted by Crippen LogP contribution is 2.34. The molecule has 0 fully saturated rings. The summed E-state index contributed by atoms with van der Waals surface area (Å²) in [5.74, 6) is 0.255. The summed E-state index contributed by atoms with van der Waals surface area (Å²) in [7, 11) is 0. The van der Waals surface area contributed by atoms with E-state index < -0.39 is 4.92 Å². The Morgan fingerprint density at radius 3 is 2.55 bits per heavy atom. The van der Waals surface area contributed by atoms with Crippen molar-refractivity contribution in [2.75, 3.05) is 0 Å². The Bertz CT molecular complexity index is 661. The lowest BCUT2D eigenvalue weighted by molar-refractivity contribution is -0.385. The van der Waals surface area contributed by atoms with Crippen molar-refractivity contribution in [3.8, 4) is 11.5 Å². The lowest BCUT2D eigenvalue weighted by Gasteiger charge is -2.09. The molecule has 0 amide bonds. The van der Waals surface area contributed by atoms with Gasteiger partial charge in [-0.15, -0.1) is 11.6 Å². The summed E-state index contributed by atoms with van der Waals surface area (Å²) < 4.78 is 18.5. The second kappa shape index (κ2) is 5.88. The number of halogens is 2. The van der Waals surface area contributed by atoms with E-state index in [1.54, 1.807) is 13.0 Å². The maximum absolute atomic E-state index is 13.0. The zero-order chi connectivity index (χ0) is 14.7. The van der Waals surface area contributed by atoms with Crippen LogP contribution in [0.3, 0.4) is 0 Å². The van der Waals surface area contributed by atoms with E-state index in [0.29, 0.717) is 16.9 Å². The van der Waals surface area contributed by atoms with Crippen LogP contribution in [-0.4, -0.2) is 4.92 Å². The third kappa shape index (κ3) is 3.05. The Hall–Kier alpha value is -2.14. The standard InChI is InChI=1S/C14H11ClFNO3/c1-9-6-11(16)3-5-13(9)20-14-4-2-10(8-15)7-12(14)17(18)19/h2-7H,8H2,1H3. The fourth-order valence-corrected chi connectivity index (χ4v) is 1.89. The molecule has 2 rings (SSSR count). The third-order valence-electron chi connectivity index (χ3n) is 2.73. The fourth-order valence-electron chi connectivity index (χ4n) is 1.72. The Morgan fingerprint density at radius 1 is 1.25 bits per heavy atom. The molecule has 0 aliphatic carbocycles. The fraction of sp³-hybridized carbons (Fsp3) is 0.143. The van der Waals surface area contributed by atoms with Crippen molar-refractivity contribution in [2.24, 2.45) is 0 Å². The number of nitro groups is 1. The highest BCUT2D eigenvalue weighted by molar-refractivity contribution is 6.17. The normalized spacial score (nSPS) is 10.3. The van der Waals surface area contributed by atoms with Crippen molar-refractivity contribution in [2.45, 2.75) is 12.8 Å². The quantitative estimate of drug-likeness (QED) is 0.471. The molecule has 0 bridgehead atoms. The summed E-state index contributed by atoms with van der Waals surface area (Å²) >= 11 is 5.65. The van der Waals surface area contributed by atoms with Crippen LogP contribution >= 0.6 is 11.6 Å². The van der Waals surface area contributed by atoms with E-state index in [-0.39, 0.29) is 23.1 Å². The Balaban J connectivity index is 2.40. The molecular weight excluding hydrogens is 285 g/mol. The number of hydrogen-bond donors (Lipinski definition) is 0. The monoisotopic (exact) mass is 295 g/mol. The summed E-state index contributed by atoms with van der Waals surface area (Å²) in [4.78, 5) is 10.5. The molecule has 2 aromatic rings. The van der Waals surface area contributed by atoms with Crippen molar-refractivity contribution in [3.05, 3.63) is 63.5 Å². The van der Waals surface area contributed by atoms with Gasteiger partial charge in [-0.05, 0) is 42.3 Å². The second-order valence-corrected chi connectivity index (χ2v) is 4.47. The molecule has 0 radical (unpaired) electrons. The number of aryl methyl sites for hydroxylation is 1. The molecule has 0 N–H and O–H groups in total. The molecule has 0 aromatic heterocycles. The summed E-state index contributed by atoms with van der Waals surface area (Å²) in [5.41, 5.74) is 1.01. The van der Waals surface area contributed by atoms with Gasteiger partial charge in [0.25, 0.3) is 0 Å². The number of nitro benzene ring substituents is 1. The van der Waals surface area contributed by atoms with Crippen molar-refractivity contribution < 1.29 is 14.1 Å². The van der Waals surface area contributed by atoms with E-state index >= 15 is 0 Å². The third-order valence-corrected chi connectivity index (χ3v) is 3.04. The molecule has 104 valence electrons. The van der Waals surface area contributed by atoms with E-state index in [2.05, 4.69) is 0 Å². The van der Waals surface area contributed by atoms with Crippen LogP contribution in [0, 0.1) is 22.9 Å². The predicted molar refractivity (Wildman–Crippen MR) is 73.9 cm³/mol. The molecule has 0 saturated heterocycles. The minimum atomic E-state index is -0.537. The lowest BCUT2D eigenvalue weighted by Crippen LogP contribution is -1.96. The number of ether oxygens (including phenoxy) is 1. The molecule has 0 atom stereocenters. The van der Waals surface area contributed by atoms with Crippen molar-refractivity contribution >= 4 is 17.3 Å². The molecular formula is C14H11ClFNO3. The van der Waals surface area contributed by atoms with Gasteiger partial charge in [-0.1, -0.05) is 6.07 Å². The summed E-state index contributed by atoms with van der Waals surface area (Å²) in [6, 6.07) is 8.47. The molecule has 20 heavy (non-hydrogen) atoms. The molecule has 0 aliphatic heterocycles. The van der Waals surface area contributed by atoms with E-state index in [0.717, 1.165) is 0 Å². The lowest BCUT2D eigenvalue weighted by atomic mass is 10.2. The summed E-state index contributed by atoms with van der Waals surface area (Å²) in [6.07, 6.45) is 0. The SMILES string of the molecule is Cc1cc(F)ccc1Oc1ccc(CCl)cc1[N+](=O)[O-]. The van der Waals surface area contributed by atoms with Gasteiger partial charge in [0.2, 0.25) is 5.75 Å². The van der Waals surface area contributed by atoms with Gasteiger partial charge < -0.3 is 4.74 Å². The molecule has 0 aliphatic rings. The average Bonchev–Trinajstić information content (AvgIpc) is 2.42. The highest BCUT2D eigenvalue weighted by atomic mass is 35.5. The Labute approximate surface area is 119 Å². The first-order valence-corrected chi connectivity index (χ1v) is 6.32. The van der Waals surface area contributed by atoms with Crippen molar-refractivity contribution in [3.63, 3.8) is 0 Å². The van der Waals surface area contributed by atoms with Crippen LogP contribution < -0.4 is 4.74 Å². The molecule has 0 saturated carbocycles. The van der Waals surface area contributed by atoms with Crippen LogP contribution in [0.1, 0.15) is 11.1 Å². The van der Waals surface area contributed by atoms with Gasteiger partial charge in [-0.3, -0.25) is 10.1 Å². The highest BCUT2D eigenvalue weighted by Gasteiger charge is 2.17. The number of hydrogen-bond acceptors (Lipinski definition) is 3. The molecule has 2 aromatic carbocycles. The number of nitrogens with zero attached hydrogens (tertiary/aromatic N) is 1. The van der Waals surface area contributed by atoms with Gasteiger partial charge >= 0.3 is 5.69 Å². The van der Waals surface area contributed by atoms with Gasteiger partial charge in [0, 0.05) is 11.9 Å². The van der Waals surface area contributed by atoms with Gasteiger partial charge in [0.1, 0.15) is 11.6 Å². The summed E-state index contributed by atoms with van der Waals surface area (Å²) in [6.45, 7) is 1.66. The smallest absolute Gasteiger partial charge is 0.311 e. The minimum Gasteiger partial charge on any atom is -0.450 e. The van der Waals surface area contributed by atoms with Crippen LogP contribution in [0.4, 0.5) is 10.1 Å². The van der Waals surface area contributed by atoms with E-state index in [1.807, 2.05) is 0 Å². The minimum absolute atomic E-state index is 0.0959. The van der Waals surface area contributed by atoms with E-state index in [1.165, 1.54) is 30.3 Å². The zero-order valence-electron chi connectivity index (χ0n) is 10.6. The maximum atomic E-state index is 13.0. The molecule has 0 spiro atoms. The first-order valence-electron chi connectivity index (χ1n) is 5.78. The maximum Gasteiger partial charge on any atom is 0.311 e. The van der Waals surface area contributed by atoms with E-state index in [4.69, 9.17) is 16.3 Å². The average molecular weight is 296 g/mol. The second-order valence-electron chi connectivity index (χ2n) is 4.20. The van der Waals surface area contributed by atoms with Gasteiger partial charge in [0.05, 0.1) is 4.92 Å². The molecule has 0 heterocycles. The van der Waals surface area contributed by atoms with Crippen molar-refractivity contribution in [1.29, 1.82) is 0 Å². The number of alkyl halides is 1. The Morgan fingerprint density at radius 2 is 1.95 bits per heavy atom. The van der Waals surface area contributed by atoms with Gasteiger partial charge in [0.15, 0.2) is 0 Å².